The van der Waals surface area contributed by atoms with E-state index < -0.39 is 0 Å². The van der Waals surface area contributed by atoms with Gasteiger partial charge < -0.3 is 15.4 Å². The molecule has 2 atom stereocenters. The SMILES string of the molecule is C[C@H]1CC[C@@H](C(=N)N)N1C(=O)CC1CCOCC1. The monoisotopic (exact) mass is 253 g/mol. The van der Waals surface area contributed by atoms with Crippen molar-refractivity contribution in [3.63, 3.8) is 0 Å². The average Bonchev–Trinajstić information content (AvgIpc) is 2.72. The Kier molecular flexibility index (Phi) is 4.22. The number of amides is 1. The largest absolute Gasteiger partial charge is 0.386 e. The van der Waals surface area contributed by atoms with Crippen LogP contribution >= 0.6 is 0 Å². The molecule has 2 rings (SSSR count). The van der Waals surface area contributed by atoms with Crippen LogP contribution in [0.5, 0.6) is 0 Å². The molecule has 0 radical (unpaired) electrons. The fourth-order valence-electron chi connectivity index (χ4n) is 3.01. The lowest BCUT2D eigenvalue weighted by molar-refractivity contribution is -0.134. The van der Waals surface area contributed by atoms with Crippen molar-refractivity contribution in [1.29, 1.82) is 5.41 Å². The van der Waals surface area contributed by atoms with Crippen LogP contribution < -0.4 is 5.73 Å². The van der Waals surface area contributed by atoms with Gasteiger partial charge in [0.1, 0.15) is 5.84 Å². The second-order valence-corrected chi connectivity index (χ2v) is 5.46. The number of nitrogens with two attached hydrogens (primary N) is 1. The highest BCUT2D eigenvalue weighted by molar-refractivity contribution is 5.89. The molecule has 0 saturated carbocycles. The predicted molar refractivity (Wildman–Crippen MR) is 69.4 cm³/mol. The van der Waals surface area contributed by atoms with Crippen molar-refractivity contribution in [2.75, 3.05) is 13.2 Å². The number of hydrogen-bond acceptors (Lipinski definition) is 3. The third-order valence-electron chi connectivity index (χ3n) is 4.12. The number of hydrogen-bond donors (Lipinski definition) is 2. The molecule has 2 saturated heterocycles. The second kappa shape index (κ2) is 5.69. The first-order valence-electron chi connectivity index (χ1n) is 6.82. The number of ether oxygens (including phenoxy) is 1. The zero-order valence-corrected chi connectivity index (χ0v) is 11.0. The maximum atomic E-state index is 12.4. The molecule has 0 unspecified atom stereocenters. The highest BCUT2D eigenvalue weighted by atomic mass is 16.5. The summed E-state index contributed by atoms with van der Waals surface area (Å²) in [6.45, 7) is 3.58. The molecule has 0 aromatic heterocycles. The average molecular weight is 253 g/mol. The number of rotatable bonds is 3. The van der Waals surface area contributed by atoms with Gasteiger partial charge in [-0.2, -0.15) is 0 Å². The molecule has 5 nitrogen and oxygen atoms in total. The third-order valence-corrected chi connectivity index (χ3v) is 4.12. The Bertz CT molecular complexity index is 326. The maximum absolute atomic E-state index is 12.4. The van der Waals surface area contributed by atoms with Gasteiger partial charge in [0.05, 0.1) is 6.04 Å². The molecule has 3 N–H and O–H groups in total. The topological polar surface area (TPSA) is 79.4 Å². The van der Waals surface area contributed by atoms with E-state index in [2.05, 4.69) is 0 Å². The van der Waals surface area contributed by atoms with Gasteiger partial charge in [-0.3, -0.25) is 10.2 Å². The van der Waals surface area contributed by atoms with Crippen LogP contribution in [0.1, 0.15) is 39.0 Å². The van der Waals surface area contributed by atoms with Crippen LogP contribution in [0.15, 0.2) is 0 Å². The molecule has 2 aliphatic heterocycles. The summed E-state index contributed by atoms with van der Waals surface area (Å²) in [6, 6.07) is 0.0404. The van der Waals surface area contributed by atoms with Crippen molar-refractivity contribution in [1.82, 2.24) is 4.90 Å². The Labute approximate surface area is 108 Å². The van der Waals surface area contributed by atoms with Gasteiger partial charge in [-0.15, -0.1) is 0 Å². The van der Waals surface area contributed by atoms with E-state index in [-0.39, 0.29) is 23.8 Å². The fourth-order valence-corrected chi connectivity index (χ4v) is 3.01. The second-order valence-electron chi connectivity index (χ2n) is 5.46. The lowest BCUT2D eigenvalue weighted by Crippen LogP contribution is -2.46. The molecule has 0 aliphatic carbocycles. The molecule has 2 aliphatic rings. The zero-order valence-electron chi connectivity index (χ0n) is 11.0. The molecule has 0 aromatic carbocycles. The van der Waals surface area contributed by atoms with E-state index in [0.717, 1.165) is 38.9 Å². The van der Waals surface area contributed by atoms with E-state index in [4.69, 9.17) is 15.9 Å². The minimum atomic E-state index is -0.174. The lowest BCUT2D eigenvalue weighted by Gasteiger charge is -2.30. The first kappa shape index (κ1) is 13.3. The van der Waals surface area contributed by atoms with Crippen LogP contribution in [0.3, 0.4) is 0 Å². The molecule has 2 fully saturated rings. The van der Waals surface area contributed by atoms with Crippen LogP contribution in [-0.4, -0.2) is 41.9 Å². The third kappa shape index (κ3) is 2.83. The van der Waals surface area contributed by atoms with Crippen molar-refractivity contribution in [3.8, 4) is 0 Å². The van der Waals surface area contributed by atoms with Crippen molar-refractivity contribution in [2.24, 2.45) is 11.7 Å². The van der Waals surface area contributed by atoms with Gasteiger partial charge in [0.2, 0.25) is 5.91 Å². The van der Waals surface area contributed by atoms with Crippen molar-refractivity contribution >= 4 is 11.7 Å². The van der Waals surface area contributed by atoms with E-state index >= 15 is 0 Å². The van der Waals surface area contributed by atoms with Crippen molar-refractivity contribution < 1.29 is 9.53 Å². The first-order valence-corrected chi connectivity index (χ1v) is 6.82. The number of nitrogens with one attached hydrogen (secondary N) is 1. The van der Waals surface area contributed by atoms with Gasteiger partial charge in [-0.25, -0.2) is 0 Å². The summed E-state index contributed by atoms with van der Waals surface area (Å²) in [5.41, 5.74) is 5.59. The smallest absolute Gasteiger partial charge is 0.223 e. The quantitative estimate of drug-likeness (QED) is 0.584. The maximum Gasteiger partial charge on any atom is 0.223 e. The summed E-state index contributed by atoms with van der Waals surface area (Å²) < 4.78 is 5.31. The standard InChI is InChI=1S/C13H23N3O2/c1-9-2-3-11(13(14)15)16(9)12(17)8-10-4-6-18-7-5-10/h9-11H,2-8H2,1H3,(H3,14,15)/t9-,11-/m0/s1. The Morgan fingerprint density at radius 3 is 2.61 bits per heavy atom. The molecular formula is C13H23N3O2. The van der Waals surface area contributed by atoms with Gasteiger partial charge in [-0.1, -0.05) is 0 Å². The molecule has 0 spiro atoms. The minimum absolute atomic E-state index is 0.125. The van der Waals surface area contributed by atoms with E-state index in [1.54, 1.807) is 0 Å². The Balaban J connectivity index is 1.95. The summed E-state index contributed by atoms with van der Waals surface area (Å²) in [5, 5.41) is 7.59. The van der Waals surface area contributed by atoms with Crippen molar-refractivity contribution in [3.05, 3.63) is 0 Å². The number of nitrogens with zero attached hydrogens (tertiary/aromatic N) is 1. The normalized spacial score (nSPS) is 29.5. The number of carbonyl (C=O) groups excluding carboxylic acids is 1. The van der Waals surface area contributed by atoms with E-state index in [1.165, 1.54) is 0 Å². The first-order chi connectivity index (χ1) is 8.59. The number of likely N-dealkylation sites (tertiary alicyclic amines) is 1. The Morgan fingerprint density at radius 1 is 1.33 bits per heavy atom. The molecule has 1 amide bonds. The van der Waals surface area contributed by atoms with Gasteiger partial charge >= 0.3 is 0 Å². The molecule has 102 valence electrons. The summed E-state index contributed by atoms with van der Waals surface area (Å²) >= 11 is 0. The van der Waals surface area contributed by atoms with Crippen LogP contribution in [0.4, 0.5) is 0 Å². The molecule has 0 aromatic rings. The number of carbonyl (C=O) groups is 1. The van der Waals surface area contributed by atoms with Gasteiger partial charge in [0.25, 0.3) is 0 Å². The van der Waals surface area contributed by atoms with Crippen LogP contribution in [0.2, 0.25) is 0 Å². The highest BCUT2D eigenvalue weighted by Crippen LogP contribution is 2.27. The summed E-state index contributed by atoms with van der Waals surface area (Å²) in [4.78, 5) is 14.2. The zero-order chi connectivity index (χ0) is 13.1. The van der Waals surface area contributed by atoms with Crippen LogP contribution in [-0.2, 0) is 9.53 Å². The summed E-state index contributed by atoms with van der Waals surface area (Å²) in [6.07, 6.45) is 4.30. The van der Waals surface area contributed by atoms with Crippen molar-refractivity contribution in [2.45, 2.75) is 51.1 Å². The van der Waals surface area contributed by atoms with Crippen LogP contribution in [0, 0.1) is 11.3 Å². The minimum Gasteiger partial charge on any atom is -0.386 e. The summed E-state index contributed by atoms with van der Waals surface area (Å²) in [5.74, 6) is 0.721. The predicted octanol–water partition coefficient (Wildman–Crippen LogP) is 1.12. The molecular weight excluding hydrogens is 230 g/mol. The van der Waals surface area contributed by atoms with E-state index in [0.29, 0.717) is 12.3 Å². The van der Waals surface area contributed by atoms with Gasteiger partial charge in [0.15, 0.2) is 0 Å². The fraction of sp³-hybridized carbons (Fsp3) is 0.846. The summed E-state index contributed by atoms with van der Waals surface area (Å²) in [7, 11) is 0. The number of amidine groups is 1. The van der Waals surface area contributed by atoms with Crippen LogP contribution in [0.25, 0.3) is 0 Å². The molecule has 0 bridgehead atoms. The molecule has 5 heteroatoms. The Hall–Kier alpha value is -1.10. The highest BCUT2D eigenvalue weighted by Gasteiger charge is 2.36. The molecule has 2 heterocycles. The van der Waals surface area contributed by atoms with E-state index in [9.17, 15) is 4.79 Å². The Morgan fingerprint density at radius 2 is 2.00 bits per heavy atom. The van der Waals surface area contributed by atoms with E-state index in [1.807, 2.05) is 11.8 Å². The molecule has 18 heavy (non-hydrogen) atoms. The van der Waals surface area contributed by atoms with Gasteiger partial charge in [-0.05, 0) is 38.5 Å². The van der Waals surface area contributed by atoms with Gasteiger partial charge in [0, 0.05) is 25.7 Å². The lowest BCUT2D eigenvalue weighted by atomic mass is 9.95.